The van der Waals surface area contributed by atoms with E-state index in [9.17, 15) is 4.79 Å². The summed E-state index contributed by atoms with van der Waals surface area (Å²) in [5.74, 6) is 0.117. The predicted octanol–water partition coefficient (Wildman–Crippen LogP) is 3.00. The van der Waals surface area contributed by atoms with Crippen LogP contribution in [-0.4, -0.2) is 47.6 Å². The Bertz CT molecular complexity index is 769. The van der Waals surface area contributed by atoms with E-state index in [-0.39, 0.29) is 18.1 Å². The van der Waals surface area contributed by atoms with Crippen LogP contribution in [0.1, 0.15) is 30.1 Å². The van der Waals surface area contributed by atoms with Gasteiger partial charge in [0, 0.05) is 49.0 Å². The molecule has 1 amide bonds. The Kier molecular flexibility index (Phi) is 5.72. The van der Waals surface area contributed by atoms with E-state index in [1.165, 1.54) is 0 Å². The second-order valence-corrected chi connectivity index (χ2v) is 7.77. The second-order valence-electron chi connectivity index (χ2n) is 7.34. The smallest absolute Gasteiger partial charge is 0.220 e. The van der Waals surface area contributed by atoms with Crippen LogP contribution in [-0.2, 0) is 16.0 Å². The number of halogens is 1. The Morgan fingerprint density at radius 3 is 2.74 bits per heavy atom. The van der Waals surface area contributed by atoms with E-state index in [0.717, 1.165) is 42.1 Å². The number of carbonyl (C=O) groups excluding carboxylic acids is 1. The van der Waals surface area contributed by atoms with E-state index in [1.54, 1.807) is 12.4 Å². The SMILES string of the molecule is O=C(CCc1ccncc1)N[C@H]1C[C@H]2CO[C@@H](c3ccc(Cl)cc3)CN2C1. The Labute approximate surface area is 164 Å². The molecule has 0 saturated carbocycles. The lowest BCUT2D eigenvalue weighted by atomic mass is 10.1. The quantitative estimate of drug-likeness (QED) is 0.859. The number of rotatable bonds is 5. The van der Waals surface area contributed by atoms with Gasteiger partial charge in [-0.1, -0.05) is 23.7 Å². The van der Waals surface area contributed by atoms with Crippen molar-refractivity contribution in [3.05, 3.63) is 64.9 Å². The third kappa shape index (κ3) is 4.67. The summed E-state index contributed by atoms with van der Waals surface area (Å²) >= 11 is 5.98. The minimum atomic E-state index is 0.0691. The average Bonchev–Trinajstić information content (AvgIpc) is 3.09. The molecule has 2 aliphatic heterocycles. The lowest BCUT2D eigenvalue weighted by Gasteiger charge is -2.35. The Balaban J connectivity index is 1.27. The minimum absolute atomic E-state index is 0.0691. The number of hydrogen-bond acceptors (Lipinski definition) is 4. The highest BCUT2D eigenvalue weighted by atomic mass is 35.5. The molecule has 3 atom stereocenters. The van der Waals surface area contributed by atoms with Crippen LogP contribution in [0, 0.1) is 0 Å². The number of fused-ring (bicyclic) bond motifs is 1. The van der Waals surface area contributed by atoms with Crippen molar-refractivity contribution in [1.29, 1.82) is 0 Å². The van der Waals surface area contributed by atoms with E-state index >= 15 is 0 Å². The van der Waals surface area contributed by atoms with E-state index < -0.39 is 0 Å². The van der Waals surface area contributed by atoms with Crippen LogP contribution in [0.15, 0.2) is 48.8 Å². The fraction of sp³-hybridized carbons (Fsp3) is 0.429. The Morgan fingerprint density at radius 2 is 1.96 bits per heavy atom. The summed E-state index contributed by atoms with van der Waals surface area (Å²) in [6.45, 7) is 2.45. The highest BCUT2D eigenvalue weighted by Gasteiger charge is 2.38. The summed E-state index contributed by atoms with van der Waals surface area (Å²) in [6, 6.07) is 12.4. The summed E-state index contributed by atoms with van der Waals surface area (Å²) in [7, 11) is 0. The van der Waals surface area contributed by atoms with Gasteiger partial charge in [-0.3, -0.25) is 14.7 Å². The van der Waals surface area contributed by atoms with Gasteiger partial charge in [-0.05, 0) is 48.2 Å². The van der Waals surface area contributed by atoms with Gasteiger partial charge in [0.2, 0.25) is 5.91 Å². The molecule has 0 radical (unpaired) electrons. The first-order chi connectivity index (χ1) is 13.2. The highest BCUT2D eigenvalue weighted by Crippen LogP contribution is 2.30. The van der Waals surface area contributed by atoms with E-state index in [0.29, 0.717) is 19.1 Å². The number of nitrogens with zero attached hydrogens (tertiary/aromatic N) is 2. The average molecular weight is 386 g/mol. The monoisotopic (exact) mass is 385 g/mol. The first-order valence-electron chi connectivity index (χ1n) is 9.47. The number of carbonyl (C=O) groups is 1. The third-order valence-corrected chi connectivity index (χ3v) is 5.67. The first kappa shape index (κ1) is 18.4. The molecular formula is C21H24ClN3O2. The topological polar surface area (TPSA) is 54.5 Å². The largest absolute Gasteiger partial charge is 0.371 e. The third-order valence-electron chi connectivity index (χ3n) is 5.42. The van der Waals surface area contributed by atoms with Gasteiger partial charge in [0.1, 0.15) is 0 Å². The van der Waals surface area contributed by atoms with Crippen molar-refractivity contribution in [1.82, 2.24) is 15.2 Å². The molecule has 3 heterocycles. The number of hydrogen-bond donors (Lipinski definition) is 1. The second kappa shape index (κ2) is 8.38. The molecule has 0 unspecified atom stereocenters. The van der Waals surface area contributed by atoms with Crippen molar-refractivity contribution in [3.8, 4) is 0 Å². The van der Waals surface area contributed by atoms with Crippen molar-refractivity contribution in [3.63, 3.8) is 0 Å². The zero-order chi connectivity index (χ0) is 18.6. The number of ether oxygens (including phenoxy) is 1. The van der Waals surface area contributed by atoms with Gasteiger partial charge in [-0.25, -0.2) is 0 Å². The number of benzene rings is 1. The molecule has 2 fully saturated rings. The van der Waals surface area contributed by atoms with Crippen molar-refractivity contribution < 1.29 is 9.53 Å². The lowest BCUT2D eigenvalue weighted by Crippen LogP contribution is -2.43. The van der Waals surface area contributed by atoms with Crippen LogP contribution in [0.25, 0.3) is 0 Å². The van der Waals surface area contributed by atoms with Gasteiger partial charge in [0.25, 0.3) is 0 Å². The number of aryl methyl sites for hydroxylation is 1. The fourth-order valence-corrected chi connectivity index (χ4v) is 4.09. The molecule has 0 bridgehead atoms. The summed E-state index contributed by atoms with van der Waals surface area (Å²) < 4.78 is 6.07. The maximum atomic E-state index is 12.3. The van der Waals surface area contributed by atoms with Crippen molar-refractivity contribution in [2.24, 2.45) is 0 Å². The van der Waals surface area contributed by atoms with Gasteiger partial charge in [0.15, 0.2) is 0 Å². The molecule has 1 aromatic heterocycles. The molecule has 2 saturated heterocycles. The molecule has 2 aromatic rings. The van der Waals surface area contributed by atoms with Gasteiger partial charge < -0.3 is 10.1 Å². The van der Waals surface area contributed by atoms with Crippen LogP contribution >= 0.6 is 11.6 Å². The van der Waals surface area contributed by atoms with Crippen molar-refractivity contribution in [2.75, 3.05) is 19.7 Å². The molecule has 0 spiro atoms. The van der Waals surface area contributed by atoms with Gasteiger partial charge >= 0.3 is 0 Å². The maximum absolute atomic E-state index is 12.3. The molecule has 2 aliphatic rings. The molecule has 5 nitrogen and oxygen atoms in total. The number of pyridine rings is 1. The lowest BCUT2D eigenvalue weighted by molar-refractivity contribution is -0.121. The number of morpholine rings is 1. The molecule has 6 heteroatoms. The molecule has 142 valence electrons. The number of aromatic nitrogens is 1. The number of amides is 1. The van der Waals surface area contributed by atoms with Crippen LogP contribution < -0.4 is 5.32 Å². The summed E-state index contributed by atoms with van der Waals surface area (Å²) in [6.07, 6.45) is 5.80. The molecule has 1 aromatic carbocycles. The minimum Gasteiger partial charge on any atom is -0.371 e. The van der Waals surface area contributed by atoms with Gasteiger partial charge in [-0.2, -0.15) is 0 Å². The first-order valence-corrected chi connectivity index (χ1v) is 9.84. The van der Waals surface area contributed by atoms with Crippen LogP contribution in [0.5, 0.6) is 0 Å². The Hall–Kier alpha value is -1.95. The van der Waals surface area contributed by atoms with Crippen LogP contribution in [0.3, 0.4) is 0 Å². The molecule has 4 rings (SSSR count). The van der Waals surface area contributed by atoms with E-state index in [2.05, 4.69) is 15.2 Å². The van der Waals surface area contributed by atoms with E-state index in [1.807, 2.05) is 36.4 Å². The maximum Gasteiger partial charge on any atom is 0.220 e. The fourth-order valence-electron chi connectivity index (χ4n) is 3.96. The van der Waals surface area contributed by atoms with Gasteiger partial charge in [0.05, 0.1) is 12.7 Å². The standard InChI is InChI=1S/C21H24ClN3O2/c22-17-4-2-16(3-5-17)20-13-25-12-18(11-19(25)14-27-20)24-21(26)6-1-15-7-9-23-10-8-15/h2-5,7-10,18-20H,1,6,11-14H2,(H,24,26)/t18-,19-,20+/m0/s1. The van der Waals surface area contributed by atoms with Crippen molar-refractivity contribution >= 4 is 17.5 Å². The van der Waals surface area contributed by atoms with Gasteiger partial charge in [-0.15, -0.1) is 0 Å². The molecule has 27 heavy (non-hydrogen) atoms. The normalized spacial score (nSPS) is 25.1. The Morgan fingerprint density at radius 1 is 1.19 bits per heavy atom. The highest BCUT2D eigenvalue weighted by molar-refractivity contribution is 6.30. The predicted molar refractivity (Wildman–Crippen MR) is 105 cm³/mol. The zero-order valence-electron chi connectivity index (χ0n) is 15.2. The summed E-state index contributed by atoms with van der Waals surface area (Å²) in [5.41, 5.74) is 2.30. The van der Waals surface area contributed by atoms with Crippen molar-refractivity contribution in [2.45, 2.75) is 37.5 Å². The van der Waals surface area contributed by atoms with Crippen LogP contribution in [0.2, 0.25) is 5.02 Å². The summed E-state index contributed by atoms with van der Waals surface area (Å²) in [5, 5.41) is 3.94. The molecule has 0 aliphatic carbocycles. The number of nitrogens with one attached hydrogen (secondary N) is 1. The molecule has 1 N–H and O–H groups in total. The summed E-state index contributed by atoms with van der Waals surface area (Å²) in [4.78, 5) is 18.8. The van der Waals surface area contributed by atoms with Crippen LogP contribution in [0.4, 0.5) is 0 Å². The van der Waals surface area contributed by atoms with E-state index in [4.69, 9.17) is 16.3 Å². The molecular weight excluding hydrogens is 362 g/mol. The zero-order valence-corrected chi connectivity index (χ0v) is 15.9.